The molecule has 0 aliphatic heterocycles. The predicted molar refractivity (Wildman–Crippen MR) is 59.4 cm³/mol. The number of thiophene rings is 1. The molecule has 6 nitrogen and oxygen atoms in total. The van der Waals surface area contributed by atoms with E-state index >= 15 is 0 Å². The smallest absolute Gasteiger partial charge is 0.337 e. The van der Waals surface area contributed by atoms with Crippen LogP contribution in [-0.2, 0) is 7.05 Å². The molecule has 2 aromatic rings. The maximum absolute atomic E-state index is 11.8. The third-order valence-corrected chi connectivity index (χ3v) is 3.36. The Kier molecular flexibility index (Phi) is 2.20. The van der Waals surface area contributed by atoms with Crippen LogP contribution in [-0.4, -0.2) is 20.6 Å². The number of aromatic carboxylic acids is 1. The van der Waals surface area contributed by atoms with Gasteiger partial charge in [-0.1, -0.05) is 0 Å². The van der Waals surface area contributed by atoms with Gasteiger partial charge in [0.1, 0.15) is 4.83 Å². The van der Waals surface area contributed by atoms with Crippen LogP contribution in [0.4, 0.5) is 0 Å². The molecule has 0 unspecified atom stereocenters. The van der Waals surface area contributed by atoms with Crippen molar-refractivity contribution in [3.8, 4) is 0 Å². The molecule has 0 spiro atoms. The van der Waals surface area contributed by atoms with Crippen molar-refractivity contribution in [2.24, 2.45) is 7.05 Å². The van der Waals surface area contributed by atoms with Gasteiger partial charge in [-0.05, 0) is 6.92 Å². The van der Waals surface area contributed by atoms with Gasteiger partial charge in [-0.3, -0.25) is 14.3 Å². The third-order valence-electron chi connectivity index (χ3n) is 2.34. The molecule has 16 heavy (non-hydrogen) atoms. The van der Waals surface area contributed by atoms with E-state index in [-0.39, 0.29) is 10.9 Å². The van der Waals surface area contributed by atoms with Crippen LogP contribution >= 0.6 is 11.3 Å². The summed E-state index contributed by atoms with van der Waals surface area (Å²) in [7, 11) is 1.30. The molecule has 0 aliphatic carbocycles. The zero-order valence-electron chi connectivity index (χ0n) is 8.53. The monoisotopic (exact) mass is 240 g/mol. The topological polar surface area (TPSA) is 92.2 Å². The molecule has 2 aromatic heterocycles. The van der Waals surface area contributed by atoms with Crippen LogP contribution in [0.15, 0.2) is 9.59 Å². The Morgan fingerprint density at radius 2 is 2.06 bits per heavy atom. The molecular formula is C9H8N2O4S. The quantitative estimate of drug-likeness (QED) is 0.749. The van der Waals surface area contributed by atoms with Gasteiger partial charge in [-0.15, -0.1) is 11.3 Å². The first kappa shape index (κ1) is 10.6. The van der Waals surface area contributed by atoms with E-state index < -0.39 is 17.2 Å². The highest BCUT2D eigenvalue weighted by atomic mass is 32.1. The number of aromatic nitrogens is 2. The number of carboxylic acid groups (broad SMARTS) is 1. The van der Waals surface area contributed by atoms with E-state index in [0.717, 1.165) is 15.9 Å². The lowest BCUT2D eigenvalue weighted by atomic mass is 10.2. The second kappa shape index (κ2) is 3.31. The minimum Gasteiger partial charge on any atom is -0.478 e. The summed E-state index contributed by atoms with van der Waals surface area (Å²) in [5.74, 6) is -1.16. The maximum atomic E-state index is 11.8. The molecule has 0 amide bonds. The number of hydrogen-bond acceptors (Lipinski definition) is 4. The molecule has 2 rings (SSSR count). The first-order valence-corrected chi connectivity index (χ1v) is 5.21. The van der Waals surface area contributed by atoms with Crippen molar-refractivity contribution < 1.29 is 9.90 Å². The van der Waals surface area contributed by atoms with E-state index in [1.54, 1.807) is 6.92 Å². The van der Waals surface area contributed by atoms with Crippen molar-refractivity contribution in [2.75, 3.05) is 0 Å². The molecule has 2 heterocycles. The fraction of sp³-hybridized carbons (Fsp3) is 0.222. The van der Waals surface area contributed by atoms with Crippen molar-refractivity contribution in [1.82, 2.24) is 9.55 Å². The molecule has 0 bridgehead atoms. The highest BCUT2D eigenvalue weighted by molar-refractivity contribution is 7.19. The van der Waals surface area contributed by atoms with Gasteiger partial charge in [0.05, 0.1) is 10.9 Å². The lowest BCUT2D eigenvalue weighted by Crippen LogP contribution is -2.32. The fourth-order valence-corrected chi connectivity index (χ4v) is 2.56. The van der Waals surface area contributed by atoms with Crippen molar-refractivity contribution >= 4 is 27.5 Å². The van der Waals surface area contributed by atoms with Gasteiger partial charge in [0.2, 0.25) is 0 Å². The Labute approximate surface area is 92.8 Å². The van der Waals surface area contributed by atoms with Crippen molar-refractivity contribution in [3.05, 3.63) is 31.3 Å². The maximum Gasteiger partial charge on any atom is 0.337 e. The number of carboxylic acids is 1. The summed E-state index contributed by atoms with van der Waals surface area (Å²) in [5, 5.41) is 9.07. The molecule has 0 radical (unpaired) electrons. The van der Waals surface area contributed by atoms with Crippen LogP contribution in [0.5, 0.6) is 0 Å². The Hall–Kier alpha value is -1.89. The van der Waals surface area contributed by atoms with Gasteiger partial charge < -0.3 is 5.11 Å². The molecule has 0 aromatic carbocycles. The van der Waals surface area contributed by atoms with Crippen molar-refractivity contribution in [2.45, 2.75) is 6.92 Å². The summed E-state index contributed by atoms with van der Waals surface area (Å²) in [6.07, 6.45) is 0. The summed E-state index contributed by atoms with van der Waals surface area (Å²) in [4.78, 5) is 37.4. The predicted octanol–water partition coefficient (Wildman–Crippen LogP) is 0.295. The standard InChI is InChI=1S/C9H8N2O4S/c1-3-4(8(13)14)5-6(16-3)10-9(15)11(2)7(5)12/h1-2H3,(H,10,15)(H,13,14). The summed E-state index contributed by atoms with van der Waals surface area (Å²) in [6, 6.07) is 0. The van der Waals surface area contributed by atoms with Gasteiger partial charge in [-0.2, -0.15) is 0 Å². The Morgan fingerprint density at radius 3 is 2.62 bits per heavy atom. The average Bonchev–Trinajstić information content (AvgIpc) is 2.51. The van der Waals surface area contributed by atoms with E-state index in [0.29, 0.717) is 9.71 Å². The molecule has 84 valence electrons. The highest BCUT2D eigenvalue weighted by Crippen LogP contribution is 2.25. The van der Waals surface area contributed by atoms with Gasteiger partial charge >= 0.3 is 11.7 Å². The van der Waals surface area contributed by atoms with E-state index in [4.69, 9.17) is 5.11 Å². The lowest BCUT2D eigenvalue weighted by Gasteiger charge is -1.96. The van der Waals surface area contributed by atoms with Crippen molar-refractivity contribution in [3.63, 3.8) is 0 Å². The first-order valence-electron chi connectivity index (χ1n) is 4.39. The van der Waals surface area contributed by atoms with Crippen LogP contribution in [0.3, 0.4) is 0 Å². The molecule has 0 saturated heterocycles. The summed E-state index contributed by atoms with van der Waals surface area (Å²) < 4.78 is 0.862. The van der Waals surface area contributed by atoms with Crippen LogP contribution in [0.1, 0.15) is 15.2 Å². The summed E-state index contributed by atoms with van der Waals surface area (Å²) in [6.45, 7) is 1.60. The van der Waals surface area contributed by atoms with Crippen LogP contribution in [0.25, 0.3) is 10.2 Å². The van der Waals surface area contributed by atoms with Gasteiger partial charge in [-0.25, -0.2) is 9.59 Å². The Balaban J connectivity index is 3.11. The van der Waals surface area contributed by atoms with Gasteiger partial charge in [0, 0.05) is 11.9 Å². The Morgan fingerprint density at radius 1 is 1.44 bits per heavy atom. The van der Waals surface area contributed by atoms with Crippen LogP contribution in [0, 0.1) is 6.92 Å². The molecule has 0 saturated carbocycles. The SMILES string of the molecule is Cc1sc2[nH]c(=O)n(C)c(=O)c2c1C(=O)O. The van der Waals surface area contributed by atoms with Gasteiger partial charge in [0.15, 0.2) is 0 Å². The zero-order chi connectivity index (χ0) is 12.0. The second-order valence-electron chi connectivity index (χ2n) is 3.34. The van der Waals surface area contributed by atoms with E-state index in [2.05, 4.69) is 4.98 Å². The molecule has 7 heteroatoms. The largest absolute Gasteiger partial charge is 0.478 e. The number of nitrogens with zero attached hydrogens (tertiary/aromatic N) is 1. The van der Waals surface area contributed by atoms with Crippen LogP contribution < -0.4 is 11.2 Å². The number of rotatable bonds is 1. The van der Waals surface area contributed by atoms with E-state index in [1.807, 2.05) is 0 Å². The number of fused-ring (bicyclic) bond motifs is 1. The highest BCUT2D eigenvalue weighted by Gasteiger charge is 2.20. The molecule has 0 fully saturated rings. The minimum atomic E-state index is -1.16. The summed E-state index contributed by atoms with van der Waals surface area (Å²) >= 11 is 1.09. The van der Waals surface area contributed by atoms with Crippen LogP contribution in [0.2, 0.25) is 0 Å². The summed E-state index contributed by atoms with van der Waals surface area (Å²) in [5.41, 5.74) is -1.16. The molecule has 0 aliphatic rings. The molecule has 0 atom stereocenters. The van der Waals surface area contributed by atoms with E-state index in [9.17, 15) is 14.4 Å². The number of H-pyrrole nitrogens is 1. The normalized spacial score (nSPS) is 10.9. The van der Waals surface area contributed by atoms with Gasteiger partial charge in [0.25, 0.3) is 5.56 Å². The zero-order valence-corrected chi connectivity index (χ0v) is 9.34. The molecular weight excluding hydrogens is 232 g/mol. The Bertz CT molecular complexity index is 707. The second-order valence-corrected chi connectivity index (χ2v) is 4.56. The van der Waals surface area contributed by atoms with E-state index in [1.165, 1.54) is 7.05 Å². The average molecular weight is 240 g/mol. The molecule has 2 N–H and O–H groups in total. The minimum absolute atomic E-state index is 0.0307. The fourth-order valence-electron chi connectivity index (χ4n) is 1.54. The number of aryl methyl sites for hydroxylation is 1. The third kappa shape index (κ3) is 1.28. The lowest BCUT2D eigenvalue weighted by molar-refractivity contribution is 0.0698. The number of nitrogens with one attached hydrogen (secondary N) is 1. The number of hydrogen-bond donors (Lipinski definition) is 2. The number of aromatic amines is 1. The van der Waals surface area contributed by atoms with Crippen molar-refractivity contribution in [1.29, 1.82) is 0 Å². The number of carbonyl (C=O) groups is 1. The first-order chi connectivity index (χ1) is 7.43.